The van der Waals surface area contributed by atoms with Crippen LogP contribution in [0.2, 0.25) is 0 Å². The molecular formula is C23H28N2O4. The highest BCUT2D eigenvalue weighted by atomic mass is 16.5. The van der Waals surface area contributed by atoms with E-state index in [1.165, 1.54) is 6.92 Å². The summed E-state index contributed by atoms with van der Waals surface area (Å²) < 4.78 is 11.3. The fourth-order valence-corrected chi connectivity index (χ4v) is 3.54. The Morgan fingerprint density at radius 2 is 1.93 bits per heavy atom. The lowest BCUT2D eigenvalue weighted by Crippen LogP contribution is -2.36. The summed E-state index contributed by atoms with van der Waals surface area (Å²) >= 11 is 0. The number of para-hydroxylation sites is 1. The summed E-state index contributed by atoms with van der Waals surface area (Å²) in [7, 11) is 1.61. The van der Waals surface area contributed by atoms with Crippen molar-refractivity contribution in [3.8, 4) is 11.5 Å². The van der Waals surface area contributed by atoms with Crippen LogP contribution in [0.5, 0.6) is 11.5 Å². The number of methoxy groups -OCH3 is 1. The van der Waals surface area contributed by atoms with Crippen molar-refractivity contribution < 1.29 is 19.1 Å². The summed E-state index contributed by atoms with van der Waals surface area (Å²) in [5.41, 5.74) is 2.56. The molecule has 1 heterocycles. The van der Waals surface area contributed by atoms with E-state index in [1.54, 1.807) is 12.0 Å². The van der Waals surface area contributed by atoms with Crippen molar-refractivity contribution in [2.45, 2.75) is 45.7 Å². The molecule has 6 nitrogen and oxygen atoms in total. The maximum atomic E-state index is 13.0. The zero-order chi connectivity index (χ0) is 20.8. The number of benzene rings is 2. The molecule has 0 saturated heterocycles. The molecule has 6 heteroatoms. The van der Waals surface area contributed by atoms with Crippen LogP contribution in [0.4, 0.5) is 5.69 Å². The molecule has 0 aromatic heterocycles. The Balaban J connectivity index is 1.78. The number of rotatable bonds is 9. The zero-order valence-electron chi connectivity index (χ0n) is 17.2. The lowest BCUT2D eigenvalue weighted by molar-refractivity contribution is -0.126. The maximum absolute atomic E-state index is 13.0. The van der Waals surface area contributed by atoms with Gasteiger partial charge in [0.2, 0.25) is 5.91 Å². The van der Waals surface area contributed by atoms with E-state index in [4.69, 9.17) is 9.47 Å². The molecule has 2 amide bonds. The fourth-order valence-electron chi connectivity index (χ4n) is 3.54. The van der Waals surface area contributed by atoms with Crippen LogP contribution in [0.25, 0.3) is 0 Å². The standard InChI is InChI=1S/C23H28N2O4/c1-4-5-8-13-29-20-12-11-17(14-21(20)28-3)15-25-19-10-7-6-9-18(19)22(23(25)27)24-16(2)26/h6-7,9-12,14,22H,4-5,8,13,15H2,1-3H3,(H,24,26). The average Bonchev–Trinajstić information content (AvgIpc) is 2.97. The molecule has 29 heavy (non-hydrogen) atoms. The van der Waals surface area contributed by atoms with Crippen molar-refractivity contribution in [2.24, 2.45) is 0 Å². The van der Waals surface area contributed by atoms with Crippen LogP contribution in [0.1, 0.15) is 50.3 Å². The van der Waals surface area contributed by atoms with Gasteiger partial charge < -0.3 is 19.7 Å². The Morgan fingerprint density at radius 3 is 2.66 bits per heavy atom. The van der Waals surface area contributed by atoms with Gasteiger partial charge >= 0.3 is 0 Å². The average molecular weight is 396 g/mol. The van der Waals surface area contributed by atoms with Crippen molar-refractivity contribution in [3.05, 3.63) is 53.6 Å². The first kappa shape index (κ1) is 20.7. The minimum absolute atomic E-state index is 0.139. The summed E-state index contributed by atoms with van der Waals surface area (Å²) in [5.74, 6) is 0.987. The Labute approximate surface area is 171 Å². The van der Waals surface area contributed by atoms with Gasteiger partial charge in [-0.05, 0) is 30.2 Å². The van der Waals surface area contributed by atoms with Gasteiger partial charge in [0.05, 0.1) is 20.3 Å². The van der Waals surface area contributed by atoms with Crippen LogP contribution >= 0.6 is 0 Å². The van der Waals surface area contributed by atoms with Crippen LogP contribution in [-0.4, -0.2) is 25.5 Å². The SMILES string of the molecule is CCCCCOc1ccc(CN2C(=O)C(NC(C)=O)c3ccccc32)cc1OC. The molecule has 0 spiro atoms. The number of hydrogen-bond donors (Lipinski definition) is 1. The van der Waals surface area contributed by atoms with E-state index in [9.17, 15) is 9.59 Å². The molecule has 1 atom stereocenters. The predicted octanol–water partition coefficient (Wildman–Crippen LogP) is 3.99. The van der Waals surface area contributed by atoms with Gasteiger partial charge in [-0.15, -0.1) is 0 Å². The number of nitrogens with one attached hydrogen (secondary N) is 1. The van der Waals surface area contributed by atoms with E-state index in [2.05, 4.69) is 12.2 Å². The van der Waals surface area contributed by atoms with Crippen LogP contribution < -0.4 is 19.7 Å². The molecular weight excluding hydrogens is 368 g/mol. The highest BCUT2D eigenvalue weighted by molar-refractivity contribution is 6.06. The van der Waals surface area contributed by atoms with Gasteiger partial charge in [-0.1, -0.05) is 44.0 Å². The number of anilines is 1. The van der Waals surface area contributed by atoms with Gasteiger partial charge in [-0.2, -0.15) is 0 Å². The number of carbonyl (C=O) groups excluding carboxylic acids is 2. The van der Waals surface area contributed by atoms with E-state index in [0.717, 1.165) is 36.1 Å². The predicted molar refractivity (Wildman–Crippen MR) is 112 cm³/mol. The van der Waals surface area contributed by atoms with Gasteiger partial charge in [0.25, 0.3) is 5.91 Å². The first-order valence-corrected chi connectivity index (χ1v) is 10.0. The second kappa shape index (κ2) is 9.45. The molecule has 0 aliphatic carbocycles. The van der Waals surface area contributed by atoms with Gasteiger partial charge in [0, 0.05) is 18.2 Å². The Bertz CT molecular complexity index is 881. The minimum atomic E-state index is -0.647. The van der Waals surface area contributed by atoms with Gasteiger partial charge in [0.15, 0.2) is 11.5 Å². The van der Waals surface area contributed by atoms with Gasteiger partial charge in [0.1, 0.15) is 6.04 Å². The molecule has 0 fully saturated rings. The summed E-state index contributed by atoms with van der Waals surface area (Å²) in [6.45, 7) is 4.62. The summed E-state index contributed by atoms with van der Waals surface area (Å²) in [5, 5.41) is 2.75. The van der Waals surface area contributed by atoms with Crippen molar-refractivity contribution in [1.82, 2.24) is 5.32 Å². The Hall–Kier alpha value is -3.02. The molecule has 154 valence electrons. The van der Waals surface area contributed by atoms with E-state index in [1.807, 2.05) is 42.5 Å². The Kier molecular flexibility index (Phi) is 6.75. The third-order valence-corrected chi connectivity index (χ3v) is 4.97. The van der Waals surface area contributed by atoms with Crippen LogP contribution in [0.3, 0.4) is 0 Å². The maximum Gasteiger partial charge on any atom is 0.254 e. The molecule has 1 aliphatic rings. The molecule has 0 radical (unpaired) electrons. The number of carbonyl (C=O) groups is 2. The molecule has 2 aromatic carbocycles. The number of hydrogen-bond acceptors (Lipinski definition) is 4. The lowest BCUT2D eigenvalue weighted by atomic mass is 10.1. The molecule has 2 aromatic rings. The van der Waals surface area contributed by atoms with E-state index in [0.29, 0.717) is 24.7 Å². The highest BCUT2D eigenvalue weighted by Crippen LogP contribution is 2.37. The van der Waals surface area contributed by atoms with Crippen molar-refractivity contribution in [2.75, 3.05) is 18.6 Å². The highest BCUT2D eigenvalue weighted by Gasteiger charge is 2.37. The molecule has 0 bridgehead atoms. The van der Waals surface area contributed by atoms with Crippen LogP contribution in [-0.2, 0) is 16.1 Å². The van der Waals surface area contributed by atoms with Crippen LogP contribution in [0.15, 0.2) is 42.5 Å². The lowest BCUT2D eigenvalue weighted by Gasteiger charge is -2.19. The van der Waals surface area contributed by atoms with E-state index >= 15 is 0 Å². The number of ether oxygens (including phenoxy) is 2. The van der Waals surface area contributed by atoms with Crippen molar-refractivity contribution in [1.29, 1.82) is 0 Å². The fraction of sp³-hybridized carbons (Fsp3) is 0.391. The number of nitrogens with zero attached hydrogens (tertiary/aromatic N) is 1. The number of fused-ring (bicyclic) bond motifs is 1. The number of amides is 2. The largest absolute Gasteiger partial charge is 0.493 e. The second-order valence-electron chi connectivity index (χ2n) is 7.16. The normalized spacial score (nSPS) is 15.2. The molecule has 1 aliphatic heterocycles. The zero-order valence-corrected chi connectivity index (χ0v) is 17.2. The van der Waals surface area contributed by atoms with E-state index < -0.39 is 6.04 Å². The molecule has 3 rings (SSSR count). The monoisotopic (exact) mass is 396 g/mol. The topological polar surface area (TPSA) is 67.9 Å². The van der Waals surface area contributed by atoms with Crippen LogP contribution in [0, 0.1) is 0 Å². The minimum Gasteiger partial charge on any atom is -0.493 e. The third kappa shape index (κ3) is 4.70. The van der Waals surface area contributed by atoms with Gasteiger partial charge in [-0.25, -0.2) is 0 Å². The third-order valence-electron chi connectivity index (χ3n) is 4.97. The summed E-state index contributed by atoms with van der Waals surface area (Å²) in [6, 6.07) is 12.6. The summed E-state index contributed by atoms with van der Waals surface area (Å²) in [6.07, 6.45) is 3.28. The first-order valence-electron chi connectivity index (χ1n) is 10.0. The molecule has 1 N–H and O–H groups in total. The van der Waals surface area contributed by atoms with Gasteiger partial charge in [-0.3, -0.25) is 9.59 Å². The molecule has 1 unspecified atom stereocenters. The van der Waals surface area contributed by atoms with E-state index in [-0.39, 0.29) is 11.8 Å². The molecule has 0 saturated carbocycles. The smallest absolute Gasteiger partial charge is 0.254 e. The van der Waals surface area contributed by atoms with Crippen molar-refractivity contribution in [3.63, 3.8) is 0 Å². The quantitative estimate of drug-likeness (QED) is 0.651. The Morgan fingerprint density at radius 1 is 1.14 bits per heavy atom. The summed E-state index contributed by atoms with van der Waals surface area (Å²) in [4.78, 5) is 26.2. The number of unbranched alkanes of at least 4 members (excludes halogenated alkanes) is 2. The first-order chi connectivity index (χ1) is 14.0. The second-order valence-corrected chi connectivity index (χ2v) is 7.16. The van der Waals surface area contributed by atoms with Crippen molar-refractivity contribution >= 4 is 17.5 Å².